The number of aromatic nitrogens is 1. The molecule has 16 heavy (non-hydrogen) atoms. The summed E-state index contributed by atoms with van der Waals surface area (Å²) in [5.41, 5.74) is 1.77. The van der Waals surface area contributed by atoms with Crippen LogP contribution < -0.4 is 0 Å². The Kier molecular flexibility index (Phi) is 2.34. The van der Waals surface area contributed by atoms with Crippen molar-refractivity contribution in [3.63, 3.8) is 0 Å². The van der Waals surface area contributed by atoms with Gasteiger partial charge in [-0.2, -0.15) is 0 Å². The first-order valence-corrected chi connectivity index (χ1v) is 5.11. The van der Waals surface area contributed by atoms with Crippen molar-refractivity contribution in [1.29, 1.82) is 0 Å². The molecule has 1 heterocycles. The summed E-state index contributed by atoms with van der Waals surface area (Å²) in [6, 6.07) is 4.98. The van der Waals surface area contributed by atoms with Gasteiger partial charge in [0.2, 0.25) is 0 Å². The third kappa shape index (κ3) is 1.34. The SMILES string of the molecule is CCn1c(C(=O)O)cc2c(C)ccc(O)c21. The Hall–Kier alpha value is -1.97. The molecule has 0 saturated carbocycles. The van der Waals surface area contributed by atoms with Crippen molar-refractivity contribution in [3.8, 4) is 5.75 Å². The Morgan fingerprint density at radius 1 is 1.44 bits per heavy atom. The van der Waals surface area contributed by atoms with E-state index in [0.29, 0.717) is 12.1 Å². The van der Waals surface area contributed by atoms with Gasteiger partial charge in [0.25, 0.3) is 0 Å². The fraction of sp³-hybridized carbons (Fsp3) is 0.250. The molecule has 0 spiro atoms. The number of hydrogen-bond acceptors (Lipinski definition) is 2. The van der Waals surface area contributed by atoms with Crippen molar-refractivity contribution in [3.05, 3.63) is 29.5 Å². The van der Waals surface area contributed by atoms with Crippen molar-refractivity contribution in [2.75, 3.05) is 0 Å². The van der Waals surface area contributed by atoms with Crippen molar-refractivity contribution in [1.82, 2.24) is 4.57 Å². The number of rotatable bonds is 2. The zero-order valence-electron chi connectivity index (χ0n) is 9.19. The number of nitrogens with zero attached hydrogens (tertiary/aromatic N) is 1. The van der Waals surface area contributed by atoms with E-state index in [-0.39, 0.29) is 11.4 Å². The van der Waals surface area contributed by atoms with Crippen LogP contribution in [0.2, 0.25) is 0 Å². The van der Waals surface area contributed by atoms with Crippen LogP contribution in [-0.2, 0) is 6.54 Å². The number of carboxylic acids is 1. The van der Waals surface area contributed by atoms with Gasteiger partial charge in [-0.15, -0.1) is 0 Å². The number of benzene rings is 1. The maximum atomic E-state index is 11.1. The summed E-state index contributed by atoms with van der Waals surface area (Å²) in [4.78, 5) is 11.1. The van der Waals surface area contributed by atoms with Gasteiger partial charge in [0.1, 0.15) is 11.4 Å². The number of aryl methyl sites for hydroxylation is 2. The van der Waals surface area contributed by atoms with Gasteiger partial charge in [-0.3, -0.25) is 0 Å². The molecular formula is C12H13NO3. The normalized spacial score (nSPS) is 10.9. The van der Waals surface area contributed by atoms with Crippen LogP contribution in [0.15, 0.2) is 18.2 Å². The number of phenolic OH excluding ortho intramolecular Hbond substituents is 1. The minimum absolute atomic E-state index is 0.120. The summed E-state index contributed by atoms with van der Waals surface area (Å²) in [6.45, 7) is 4.27. The highest BCUT2D eigenvalue weighted by atomic mass is 16.4. The molecule has 1 aromatic heterocycles. The van der Waals surface area contributed by atoms with Crippen molar-refractivity contribution in [2.45, 2.75) is 20.4 Å². The molecule has 2 aromatic rings. The number of phenols is 1. The molecule has 1 aromatic carbocycles. The Morgan fingerprint density at radius 2 is 2.12 bits per heavy atom. The summed E-state index contributed by atoms with van der Waals surface area (Å²) in [7, 11) is 0. The first kappa shape index (κ1) is 10.5. The predicted molar refractivity (Wildman–Crippen MR) is 61.0 cm³/mol. The first-order chi connectivity index (χ1) is 7.56. The molecule has 0 aliphatic rings. The van der Waals surface area contributed by atoms with Crippen LogP contribution in [0, 0.1) is 6.92 Å². The van der Waals surface area contributed by atoms with E-state index < -0.39 is 5.97 Å². The summed E-state index contributed by atoms with van der Waals surface area (Å²) < 4.78 is 1.61. The summed E-state index contributed by atoms with van der Waals surface area (Å²) in [5, 5.41) is 19.7. The van der Waals surface area contributed by atoms with Gasteiger partial charge >= 0.3 is 5.97 Å². The fourth-order valence-corrected chi connectivity index (χ4v) is 2.00. The van der Waals surface area contributed by atoms with E-state index in [2.05, 4.69) is 0 Å². The third-order valence-corrected chi connectivity index (χ3v) is 2.79. The quantitative estimate of drug-likeness (QED) is 0.815. The standard InChI is InChI=1S/C12H13NO3/c1-3-13-9(12(15)16)6-8-7(2)4-5-10(14)11(8)13/h4-6,14H,3H2,1-2H3,(H,15,16). The van der Waals surface area contributed by atoms with Crippen LogP contribution in [0.5, 0.6) is 5.75 Å². The molecule has 0 radical (unpaired) electrons. The Bertz CT molecular complexity index is 569. The Morgan fingerprint density at radius 3 is 2.69 bits per heavy atom. The maximum Gasteiger partial charge on any atom is 0.352 e. The second kappa shape index (κ2) is 3.56. The van der Waals surface area contributed by atoms with Crippen LogP contribution in [0.1, 0.15) is 23.0 Å². The van der Waals surface area contributed by atoms with E-state index in [1.54, 1.807) is 22.8 Å². The highest BCUT2D eigenvalue weighted by Gasteiger charge is 2.16. The van der Waals surface area contributed by atoms with Crippen LogP contribution in [-0.4, -0.2) is 20.7 Å². The number of carboxylic acid groups (broad SMARTS) is 1. The molecule has 4 nitrogen and oxygen atoms in total. The molecule has 0 atom stereocenters. The first-order valence-electron chi connectivity index (χ1n) is 5.11. The van der Waals surface area contributed by atoms with E-state index in [4.69, 9.17) is 5.11 Å². The highest BCUT2D eigenvalue weighted by molar-refractivity contribution is 5.98. The van der Waals surface area contributed by atoms with Crippen LogP contribution in [0.3, 0.4) is 0 Å². The number of aromatic hydroxyl groups is 1. The second-order valence-corrected chi connectivity index (χ2v) is 3.74. The van der Waals surface area contributed by atoms with Crippen LogP contribution in [0.4, 0.5) is 0 Å². The summed E-state index contributed by atoms with van der Waals surface area (Å²) in [6.07, 6.45) is 0. The zero-order valence-corrected chi connectivity index (χ0v) is 9.19. The van der Waals surface area contributed by atoms with E-state index in [9.17, 15) is 9.90 Å². The topological polar surface area (TPSA) is 62.5 Å². The monoisotopic (exact) mass is 219 g/mol. The number of fused-ring (bicyclic) bond motifs is 1. The average Bonchev–Trinajstić information content (AvgIpc) is 2.64. The molecule has 0 amide bonds. The minimum Gasteiger partial charge on any atom is -0.506 e. The molecule has 0 fully saturated rings. The molecule has 0 saturated heterocycles. The van der Waals surface area contributed by atoms with Gasteiger partial charge in [0.15, 0.2) is 0 Å². The summed E-state index contributed by atoms with van der Waals surface area (Å²) in [5.74, 6) is -0.855. The third-order valence-electron chi connectivity index (χ3n) is 2.79. The fourth-order valence-electron chi connectivity index (χ4n) is 2.00. The van der Waals surface area contributed by atoms with Crippen LogP contribution in [0.25, 0.3) is 10.9 Å². The van der Waals surface area contributed by atoms with Gasteiger partial charge in [0, 0.05) is 11.9 Å². The van der Waals surface area contributed by atoms with E-state index >= 15 is 0 Å². The van der Waals surface area contributed by atoms with Gasteiger partial charge in [-0.25, -0.2) is 4.79 Å². The molecule has 0 aliphatic carbocycles. The zero-order chi connectivity index (χ0) is 11.9. The largest absolute Gasteiger partial charge is 0.506 e. The smallest absolute Gasteiger partial charge is 0.352 e. The Balaban J connectivity index is 2.92. The lowest BCUT2D eigenvalue weighted by molar-refractivity contribution is 0.0686. The van der Waals surface area contributed by atoms with Crippen molar-refractivity contribution in [2.24, 2.45) is 0 Å². The average molecular weight is 219 g/mol. The van der Waals surface area contributed by atoms with Gasteiger partial charge in [0.05, 0.1) is 5.52 Å². The molecule has 2 rings (SSSR count). The minimum atomic E-state index is -0.975. The molecule has 4 heteroatoms. The van der Waals surface area contributed by atoms with E-state index in [1.165, 1.54) is 0 Å². The van der Waals surface area contributed by atoms with Gasteiger partial charge in [-0.05, 0) is 31.5 Å². The van der Waals surface area contributed by atoms with E-state index in [0.717, 1.165) is 10.9 Å². The Labute approximate surface area is 92.7 Å². The molecule has 2 N–H and O–H groups in total. The number of aromatic carboxylic acids is 1. The van der Waals surface area contributed by atoms with Gasteiger partial charge in [-0.1, -0.05) is 6.07 Å². The lowest BCUT2D eigenvalue weighted by Crippen LogP contribution is -2.06. The number of hydrogen-bond donors (Lipinski definition) is 2. The molecule has 0 unspecified atom stereocenters. The lowest BCUT2D eigenvalue weighted by atomic mass is 10.1. The van der Waals surface area contributed by atoms with Crippen LogP contribution >= 0.6 is 0 Å². The van der Waals surface area contributed by atoms with E-state index in [1.807, 2.05) is 13.8 Å². The molecular weight excluding hydrogens is 206 g/mol. The summed E-state index contributed by atoms with van der Waals surface area (Å²) >= 11 is 0. The highest BCUT2D eigenvalue weighted by Crippen LogP contribution is 2.30. The van der Waals surface area contributed by atoms with Crippen molar-refractivity contribution < 1.29 is 15.0 Å². The maximum absolute atomic E-state index is 11.1. The second-order valence-electron chi connectivity index (χ2n) is 3.74. The molecule has 84 valence electrons. The number of carbonyl (C=O) groups is 1. The molecule has 0 aliphatic heterocycles. The predicted octanol–water partition coefficient (Wildman–Crippen LogP) is 2.37. The lowest BCUT2D eigenvalue weighted by Gasteiger charge is -2.06. The van der Waals surface area contributed by atoms with Crippen molar-refractivity contribution >= 4 is 16.9 Å². The van der Waals surface area contributed by atoms with Gasteiger partial charge < -0.3 is 14.8 Å². The molecule has 0 bridgehead atoms.